The predicted octanol–water partition coefficient (Wildman–Crippen LogP) is 3.26. The van der Waals surface area contributed by atoms with E-state index in [0.717, 1.165) is 4.47 Å². The van der Waals surface area contributed by atoms with Crippen molar-refractivity contribution in [2.24, 2.45) is 0 Å². The highest BCUT2D eigenvalue weighted by Crippen LogP contribution is 2.23. The summed E-state index contributed by atoms with van der Waals surface area (Å²) in [5, 5.41) is 15.2. The molecule has 1 heterocycles. The maximum Gasteiger partial charge on any atom is 0.269 e. The smallest absolute Gasteiger partial charge is 0.267 e. The Hall–Kier alpha value is -1.40. The highest BCUT2D eigenvalue weighted by atomic mass is 79.9. The number of halogens is 2. The van der Waals surface area contributed by atoms with Crippen LogP contribution in [0.4, 0.5) is 5.69 Å². The molecule has 5 nitrogen and oxygen atoms in total. The quantitative estimate of drug-likeness (QED) is 0.645. The van der Waals surface area contributed by atoms with Crippen LogP contribution in [0, 0.1) is 10.1 Å². The summed E-state index contributed by atoms with van der Waals surface area (Å²) in [5.41, 5.74) is 0.687. The van der Waals surface area contributed by atoms with Gasteiger partial charge < -0.3 is 0 Å². The number of hydrogen-bond donors (Lipinski definition) is 0. The summed E-state index contributed by atoms with van der Waals surface area (Å²) in [4.78, 5) is 10.2. The van der Waals surface area contributed by atoms with Crippen LogP contribution in [0.5, 0.6) is 0 Å². The maximum absolute atomic E-state index is 10.7. The molecular formula is C10H7BrClN3O2. The Bertz CT molecular complexity index is 570. The van der Waals surface area contributed by atoms with Crippen LogP contribution >= 0.6 is 27.5 Å². The molecule has 17 heavy (non-hydrogen) atoms. The second-order valence-corrected chi connectivity index (χ2v) is 4.71. The number of nitro groups is 1. The van der Waals surface area contributed by atoms with Crippen LogP contribution in [-0.4, -0.2) is 14.7 Å². The third-order valence-corrected chi connectivity index (χ3v) is 2.95. The molecule has 0 N–H and O–H groups in total. The van der Waals surface area contributed by atoms with Gasteiger partial charge in [-0.2, -0.15) is 5.10 Å². The lowest BCUT2D eigenvalue weighted by Crippen LogP contribution is -2.01. The highest BCUT2D eigenvalue weighted by molar-refractivity contribution is 9.10. The Balaban J connectivity index is 2.31. The van der Waals surface area contributed by atoms with Crippen molar-refractivity contribution in [3.05, 3.63) is 55.8 Å². The Morgan fingerprint density at radius 3 is 2.88 bits per heavy atom. The molecule has 0 aliphatic carbocycles. The third-order valence-electron chi connectivity index (χ3n) is 2.17. The van der Waals surface area contributed by atoms with Crippen molar-refractivity contribution in [1.29, 1.82) is 0 Å². The van der Waals surface area contributed by atoms with E-state index in [2.05, 4.69) is 21.0 Å². The average Bonchev–Trinajstić information content (AvgIpc) is 2.67. The summed E-state index contributed by atoms with van der Waals surface area (Å²) in [7, 11) is 0. The average molecular weight is 317 g/mol. The Morgan fingerprint density at radius 1 is 1.53 bits per heavy atom. The highest BCUT2D eigenvalue weighted by Gasteiger charge is 2.10. The number of nitrogens with zero attached hydrogens (tertiary/aromatic N) is 3. The van der Waals surface area contributed by atoms with Gasteiger partial charge in [0.1, 0.15) is 0 Å². The van der Waals surface area contributed by atoms with Gasteiger partial charge in [-0.3, -0.25) is 14.8 Å². The molecule has 1 aromatic carbocycles. The van der Waals surface area contributed by atoms with Gasteiger partial charge in [0.2, 0.25) is 0 Å². The van der Waals surface area contributed by atoms with Gasteiger partial charge in [0.25, 0.3) is 5.69 Å². The van der Waals surface area contributed by atoms with Gasteiger partial charge in [0, 0.05) is 23.4 Å². The van der Waals surface area contributed by atoms with Crippen molar-refractivity contribution in [1.82, 2.24) is 9.78 Å². The fraction of sp³-hybridized carbons (Fsp3) is 0.100. The van der Waals surface area contributed by atoms with Crippen LogP contribution in [-0.2, 0) is 6.54 Å². The summed E-state index contributed by atoms with van der Waals surface area (Å²) >= 11 is 9.26. The molecule has 1 aromatic heterocycles. The van der Waals surface area contributed by atoms with Gasteiger partial charge in [0.05, 0.1) is 22.1 Å². The van der Waals surface area contributed by atoms with Gasteiger partial charge in [-0.05, 0) is 27.6 Å². The molecule has 0 bridgehead atoms. The van der Waals surface area contributed by atoms with Crippen LogP contribution in [0.2, 0.25) is 5.02 Å². The van der Waals surface area contributed by atoms with Gasteiger partial charge in [-0.25, -0.2) is 0 Å². The number of benzene rings is 1. The lowest BCUT2D eigenvalue weighted by atomic mass is 10.2. The van der Waals surface area contributed by atoms with Crippen molar-refractivity contribution in [2.75, 3.05) is 0 Å². The number of rotatable bonds is 3. The molecule has 0 amide bonds. The van der Waals surface area contributed by atoms with E-state index >= 15 is 0 Å². The van der Waals surface area contributed by atoms with Crippen LogP contribution in [0.25, 0.3) is 0 Å². The minimum absolute atomic E-state index is 0.0237. The fourth-order valence-electron chi connectivity index (χ4n) is 1.40. The minimum Gasteiger partial charge on any atom is -0.267 e. The van der Waals surface area contributed by atoms with Crippen LogP contribution in [0.3, 0.4) is 0 Å². The number of nitro benzene ring substituents is 1. The zero-order chi connectivity index (χ0) is 12.4. The second-order valence-electron chi connectivity index (χ2n) is 3.39. The number of non-ortho nitro benzene ring substituents is 1. The topological polar surface area (TPSA) is 61.0 Å². The molecule has 0 radical (unpaired) electrons. The molecule has 0 unspecified atom stereocenters. The van der Waals surface area contributed by atoms with Gasteiger partial charge >= 0.3 is 0 Å². The molecule has 2 aromatic rings. The first kappa shape index (κ1) is 12.1. The minimum atomic E-state index is -0.446. The van der Waals surface area contributed by atoms with E-state index < -0.39 is 4.92 Å². The zero-order valence-corrected chi connectivity index (χ0v) is 10.8. The van der Waals surface area contributed by atoms with Crippen molar-refractivity contribution in [2.45, 2.75) is 6.54 Å². The standard InChI is InChI=1S/C10H7BrClN3O2/c11-8-4-13-14(6-8)5-7-3-9(15(16)17)1-2-10(7)12/h1-4,6H,5H2. The summed E-state index contributed by atoms with van der Waals surface area (Å²) in [6.07, 6.45) is 3.42. The van der Waals surface area contributed by atoms with E-state index in [1.165, 1.54) is 18.2 Å². The Morgan fingerprint density at radius 2 is 2.29 bits per heavy atom. The van der Waals surface area contributed by atoms with E-state index in [-0.39, 0.29) is 5.69 Å². The molecule has 0 saturated heterocycles. The van der Waals surface area contributed by atoms with E-state index in [1.807, 2.05) is 0 Å². The fourth-order valence-corrected chi connectivity index (χ4v) is 1.90. The van der Waals surface area contributed by atoms with Gasteiger partial charge in [0.15, 0.2) is 0 Å². The lowest BCUT2D eigenvalue weighted by Gasteiger charge is -2.04. The van der Waals surface area contributed by atoms with E-state index in [0.29, 0.717) is 17.1 Å². The van der Waals surface area contributed by atoms with E-state index in [9.17, 15) is 10.1 Å². The van der Waals surface area contributed by atoms with Crippen LogP contribution in [0.1, 0.15) is 5.56 Å². The monoisotopic (exact) mass is 315 g/mol. The molecule has 0 spiro atoms. The summed E-state index contributed by atoms with van der Waals surface area (Å²) < 4.78 is 2.49. The maximum atomic E-state index is 10.7. The normalized spacial score (nSPS) is 10.5. The molecule has 88 valence electrons. The molecule has 2 rings (SSSR count). The van der Waals surface area contributed by atoms with Gasteiger partial charge in [-0.1, -0.05) is 11.6 Å². The molecule has 0 atom stereocenters. The molecule has 0 aliphatic rings. The molecule has 0 saturated carbocycles. The van der Waals surface area contributed by atoms with Crippen molar-refractivity contribution < 1.29 is 4.92 Å². The lowest BCUT2D eigenvalue weighted by molar-refractivity contribution is -0.384. The summed E-state index contributed by atoms with van der Waals surface area (Å²) in [5.74, 6) is 0. The first-order valence-electron chi connectivity index (χ1n) is 4.67. The Labute approximate surface area is 110 Å². The first-order valence-corrected chi connectivity index (χ1v) is 5.84. The SMILES string of the molecule is O=[N+]([O-])c1ccc(Cl)c(Cn2cc(Br)cn2)c1. The molecule has 0 fully saturated rings. The van der Waals surface area contributed by atoms with E-state index in [4.69, 9.17) is 11.6 Å². The van der Waals surface area contributed by atoms with Crippen LogP contribution in [0.15, 0.2) is 35.1 Å². The molecular weight excluding hydrogens is 309 g/mol. The second kappa shape index (κ2) is 4.85. The Kier molecular flexibility index (Phi) is 3.44. The molecule has 7 heteroatoms. The molecule has 0 aliphatic heterocycles. The van der Waals surface area contributed by atoms with E-state index in [1.54, 1.807) is 17.1 Å². The largest absolute Gasteiger partial charge is 0.269 e. The number of aromatic nitrogens is 2. The van der Waals surface area contributed by atoms with Crippen molar-refractivity contribution in [3.63, 3.8) is 0 Å². The van der Waals surface area contributed by atoms with Gasteiger partial charge in [-0.15, -0.1) is 0 Å². The first-order chi connectivity index (χ1) is 8.06. The van der Waals surface area contributed by atoms with Crippen LogP contribution < -0.4 is 0 Å². The van der Waals surface area contributed by atoms with Crippen molar-refractivity contribution in [3.8, 4) is 0 Å². The number of hydrogen-bond acceptors (Lipinski definition) is 3. The zero-order valence-electron chi connectivity index (χ0n) is 8.51. The summed E-state index contributed by atoms with van der Waals surface area (Å²) in [6.45, 7) is 0.395. The van der Waals surface area contributed by atoms with Crippen molar-refractivity contribution >= 4 is 33.2 Å². The predicted molar refractivity (Wildman–Crippen MR) is 67.1 cm³/mol. The summed E-state index contributed by atoms with van der Waals surface area (Å²) in [6, 6.07) is 4.36. The third kappa shape index (κ3) is 2.83.